The van der Waals surface area contributed by atoms with Crippen molar-refractivity contribution in [3.63, 3.8) is 0 Å². The number of carbonyl (C=O) groups is 1. The molecule has 0 bridgehead atoms. The number of amides is 1. The number of hydrogen-bond acceptors (Lipinski definition) is 6. The number of anilines is 1. The van der Waals surface area contributed by atoms with Crippen LogP contribution in [0.25, 0.3) is 0 Å². The molecule has 2 N–H and O–H groups in total. The van der Waals surface area contributed by atoms with E-state index in [4.69, 9.17) is 0 Å². The maximum Gasteiger partial charge on any atom is 0.259 e. The molecule has 1 aliphatic rings. The van der Waals surface area contributed by atoms with Crippen molar-refractivity contribution in [2.24, 2.45) is 0 Å². The number of carbonyl (C=O) groups excluding carboxylic acids is 1. The normalized spacial score (nSPS) is 14.9. The maximum atomic E-state index is 12.4. The Kier molecular flexibility index (Phi) is 3.73. The quantitative estimate of drug-likeness (QED) is 0.798. The van der Waals surface area contributed by atoms with Gasteiger partial charge < -0.3 is 19.9 Å². The smallest absolute Gasteiger partial charge is 0.259 e. The molecule has 1 fully saturated rings. The largest absolute Gasteiger partial charge is 0.507 e. The summed E-state index contributed by atoms with van der Waals surface area (Å²) in [6.45, 7) is 2.21. The minimum atomic E-state index is -0.444. The van der Waals surface area contributed by atoms with E-state index in [-0.39, 0.29) is 17.2 Å². The van der Waals surface area contributed by atoms with Gasteiger partial charge in [0.15, 0.2) is 0 Å². The van der Waals surface area contributed by atoms with Crippen molar-refractivity contribution in [2.45, 2.75) is 0 Å². The molecule has 3 rings (SSSR count). The van der Waals surface area contributed by atoms with E-state index < -0.39 is 5.56 Å². The first-order valence-corrected chi connectivity index (χ1v) is 6.88. The first kappa shape index (κ1) is 14.1. The van der Waals surface area contributed by atoms with Crippen molar-refractivity contribution in [1.82, 2.24) is 19.9 Å². The molecule has 0 unspecified atom stereocenters. The van der Waals surface area contributed by atoms with E-state index in [1.54, 1.807) is 23.4 Å². The number of pyridine rings is 1. The van der Waals surface area contributed by atoms with Gasteiger partial charge in [0.25, 0.3) is 11.5 Å². The van der Waals surface area contributed by atoms with Crippen molar-refractivity contribution >= 4 is 11.9 Å². The highest BCUT2D eigenvalue weighted by Gasteiger charge is 2.25. The Balaban J connectivity index is 1.68. The molecule has 0 aliphatic carbocycles. The summed E-state index contributed by atoms with van der Waals surface area (Å²) in [6.07, 6.45) is 4.60. The lowest BCUT2D eigenvalue weighted by Gasteiger charge is -2.34. The van der Waals surface area contributed by atoms with E-state index >= 15 is 0 Å². The average molecular weight is 301 g/mol. The van der Waals surface area contributed by atoms with Crippen molar-refractivity contribution in [2.75, 3.05) is 31.1 Å². The second-order valence-corrected chi connectivity index (χ2v) is 4.92. The van der Waals surface area contributed by atoms with E-state index in [1.807, 2.05) is 4.90 Å². The molecular weight excluding hydrogens is 286 g/mol. The summed E-state index contributed by atoms with van der Waals surface area (Å²) < 4.78 is 0. The van der Waals surface area contributed by atoms with Crippen molar-refractivity contribution in [1.29, 1.82) is 0 Å². The summed E-state index contributed by atoms with van der Waals surface area (Å²) in [4.78, 5) is 37.9. The topological polar surface area (TPSA) is 102 Å². The van der Waals surface area contributed by atoms with Crippen molar-refractivity contribution in [3.8, 4) is 5.75 Å². The highest BCUT2D eigenvalue weighted by atomic mass is 16.3. The fraction of sp³-hybridized carbons (Fsp3) is 0.286. The van der Waals surface area contributed by atoms with Gasteiger partial charge in [-0.15, -0.1) is 0 Å². The van der Waals surface area contributed by atoms with Gasteiger partial charge in [-0.05, 0) is 6.07 Å². The number of aromatic nitrogens is 3. The molecule has 0 aromatic carbocycles. The first-order chi connectivity index (χ1) is 10.6. The molecule has 2 aromatic rings. The van der Waals surface area contributed by atoms with Gasteiger partial charge in [0, 0.05) is 50.8 Å². The van der Waals surface area contributed by atoms with Crippen molar-refractivity contribution < 1.29 is 9.90 Å². The van der Waals surface area contributed by atoms with Gasteiger partial charge in [-0.1, -0.05) is 0 Å². The number of piperazine rings is 1. The van der Waals surface area contributed by atoms with E-state index in [1.165, 1.54) is 6.20 Å². The molecular formula is C14H15N5O3. The number of rotatable bonds is 2. The molecule has 8 nitrogen and oxygen atoms in total. The van der Waals surface area contributed by atoms with Crippen LogP contribution < -0.4 is 10.5 Å². The van der Waals surface area contributed by atoms with Gasteiger partial charge in [0.2, 0.25) is 5.95 Å². The van der Waals surface area contributed by atoms with Crippen LogP contribution in [0.4, 0.5) is 5.95 Å². The summed E-state index contributed by atoms with van der Waals surface area (Å²) in [5, 5.41) is 9.72. The van der Waals surface area contributed by atoms with Gasteiger partial charge in [0.05, 0.1) is 5.56 Å². The van der Waals surface area contributed by atoms with Crippen LogP contribution in [-0.2, 0) is 0 Å². The number of nitrogens with one attached hydrogen (secondary N) is 1. The van der Waals surface area contributed by atoms with Crippen LogP contribution in [0.5, 0.6) is 5.75 Å². The summed E-state index contributed by atoms with van der Waals surface area (Å²) in [5.74, 6) is 0.0337. The maximum absolute atomic E-state index is 12.4. The highest BCUT2D eigenvalue weighted by Crippen LogP contribution is 2.17. The van der Waals surface area contributed by atoms with E-state index in [0.717, 1.165) is 6.07 Å². The number of H-pyrrole nitrogens is 1. The van der Waals surface area contributed by atoms with Gasteiger partial charge in [-0.25, -0.2) is 9.97 Å². The second kappa shape index (κ2) is 5.84. The zero-order chi connectivity index (χ0) is 15.5. The summed E-state index contributed by atoms with van der Waals surface area (Å²) in [7, 11) is 0. The number of hydrogen-bond donors (Lipinski definition) is 2. The van der Waals surface area contributed by atoms with Gasteiger partial charge >= 0.3 is 0 Å². The van der Waals surface area contributed by atoms with Crippen LogP contribution >= 0.6 is 0 Å². The monoisotopic (exact) mass is 301 g/mol. The second-order valence-electron chi connectivity index (χ2n) is 4.92. The molecule has 1 amide bonds. The van der Waals surface area contributed by atoms with Crippen molar-refractivity contribution in [3.05, 3.63) is 46.6 Å². The standard InChI is InChI=1S/C14H15N5O3/c20-11-8-12(21)17-9-10(11)13(22)18-4-6-19(7-5-18)14-15-2-1-3-16-14/h1-3,8-9H,4-7H2,(H2,17,20,21). The average Bonchev–Trinajstić information content (AvgIpc) is 2.55. The third-order valence-electron chi connectivity index (χ3n) is 3.53. The molecule has 1 aliphatic heterocycles. The van der Waals surface area contributed by atoms with Gasteiger partial charge in [-0.2, -0.15) is 0 Å². The lowest BCUT2D eigenvalue weighted by molar-refractivity contribution is 0.0742. The zero-order valence-electron chi connectivity index (χ0n) is 11.8. The van der Waals surface area contributed by atoms with E-state index in [9.17, 15) is 14.7 Å². The van der Waals surface area contributed by atoms with Crippen LogP contribution in [0, 0.1) is 0 Å². The Morgan fingerprint density at radius 2 is 1.86 bits per heavy atom. The Morgan fingerprint density at radius 1 is 1.18 bits per heavy atom. The third-order valence-corrected chi connectivity index (χ3v) is 3.53. The van der Waals surface area contributed by atoms with Crippen LogP contribution in [0.3, 0.4) is 0 Å². The highest BCUT2D eigenvalue weighted by molar-refractivity contribution is 5.96. The molecule has 0 radical (unpaired) electrons. The predicted octanol–water partition coefficient (Wildman–Crippen LogP) is -0.167. The molecule has 8 heteroatoms. The fourth-order valence-electron chi connectivity index (χ4n) is 2.37. The Hall–Kier alpha value is -2.90. The SMILES string of the molecule is O=C(c1c[nH]c(=O)cc1O)N1CCN(c2ncccn2)CC1. The molecule has 0 saturated carbocycles. The Morgan fingerprint density at radius 3 is 2.50 bits per heavy atom. The van der Waals surface area contributed by atoms with Crippen LogP contribution in [0.1, 0.15) is 10.4 Å². The van der Waals surface area contributed by atoms with Gasteiger partial charge in [-0.3, -0.25) is 9.59 Å². The number of nitrogens with zero attached hydrogens (tertiary/aromatic N) is 4. The van der Waals surface area contributed by atoms with Gasteiger partial charge in [0.1, 0.15) is 5.75 Å². The molecule has 2 aromatic heterocycles. The summed E-state index contributed by atoms with van der Waals surface area (Å²) in [6, 6.07) is 2.75. The molecule has 0 atom stereocenters. The minimum Gasteiger partial charge on any atom is -0.507 e. The predicted molar refractivity (Wildman–Crippen MR) is 78.9 cm³/mol. The molecule has 22 heavy (non-hydrogen) atoms. The Bertz CT molecular complexity index is 723. The first-order valence-electron chi connectivity index (χ1n) is 6.88. The molecule has 0 spiro atoms. The molecule has 114 valence electrons. The summed E-state index contributed by atoms with van der Waals surface area (Å²) in [5.41, 5.74) is -0.343. The molecule has 1 saturated heterocycles. The summed E-state index contributed by atoms with van der Waals surface area (Å²) >= 11 is 0. The van der Waals surface area contributed by atoms with E-state index in [2.05, 4.69) is 15.0 Å². The van der Waals surface area contributed by atoms with Crippen LogP contribution in [-0.4, -0.2) is 57.0 Å². The lowest BCUT2D eigenvalue weighted by Crippen LogP contribution is -2.49. The lowest BCUT2D eigenvalue weighted by atomic mass is 10.2. The zero-order valence-corrected chi connectivity index (χ0v) is 11.8. The van der Waals surface area contributed by atoms with Crippen LogP contribution in [0.15, 0.2) is 35.5 Å². The number of aromatic amines is 1. The Labute approximate surface area is 126 Å². The third kappa shape index (κ3) is 2.76. The van der Waals surface area contributed by atoms with Crippen LogP contribution in [0.2, 0.25) is 0 Å². The van der Waals surface area contributed by atoms with E-state index in [0.29, 0.717) is 32.1 Å². The fourth-order valence-corrected chi connectivity index (χ4v) is 2.37. The molecule has 3 heterocycles. The number of aromatic hydroxyl groups is 1. The minimum absolute atomic E-state index is 0.101.